The molecule has 2 N–H and O–H groups in total. The summed E-state index contributed by atoms with van der Waals surface area (Å²) in [5.41, 5.74) is 5.18. The molecule has 0 aliphatic carbocycles. The van der Waals surface area contributed by atoms with Crippen LogP contribution in [0.5, 0.6) is 0 Å². The van der Waals surface area contributed by atoms with E-state index in [9.17, 15) is 4.79 Å². The van der Waals surface area contributed by atoms with Crippen molar-refractivity contribution in [2.24, 2.45) is 0 Å². The van der Waals surface area contributed by atoms with Crippen LogP contribution in [-0.4, -0.2) is 13.0 Å². The Morgan fingerprint density at radius 3 is 2.86 bits per heavy atom. The second-order valence-electron chi connectivity index (χ2n) is 5.34. The first-order chi connectivity index (χ1) is 10.1. The number of rotatable bonds is 3. The van der Waals surface area contributed by atoms with Gasteiger partial charge in [0.2, 0.25) is 5.91 Å². The molecule has 2 aromatic rings. The molecule has 21 heavy (non-hydrogen) atoms. The van der Waals surface area contributed by atoms with Crippen LogP contribution in [0.25, 0.3) is 0 Å². The molecule has 1 amide bonds. The molecule has 1 unspecified atom stereocenters. The first-order valence-electron chi connectivity index (χ1n) is 6.95. The maximum absolute atomic E-state index is 11.5. The van der Waals surface area contributed by atoms with E-state index < -0.39 is 0 Å². The van der Waals surface area contributed by atoms with Gasteiger partial charge in [0, 0.05) is 10.7 Å². The van der Waals surface area contributed by atoms with Crippen LogP contribution in [0.2, 0.25) is 5.02 Å². The second-order valence-corrected chi connectivity index (χ2v) is 5.72. The minimum Gasteiger partial charge on any atom is -0.326 e. The maximum Gasteiger partial charge on any atom is 0.228 e. The molecule has 1 aliphatic rings. The number of carbonyl (C=O) groups is 1. The number of fused-ring (bicyclic) bond motifs is 1. The van der Waals surface area contributed by atoms with E-state index in [-0.39, 0.29) is 11.9 Å². The predicted molar refractivity (Wildman–Crippen MR) is 85.9 cm³/mol. The van der Waals surface area contributed by atoms with Gasteiger partial charge >= 0.3 is 0 Å². The lowest BCUT2D eigenvalue weighted by molar-refractivity contribution is -0.115. The quantitative estimate of drug-likeness (QED) is 0.911. The van der Waals surface area contributed by atoms with Crippen LogP contribution in [0.15, 0.2) is 36.4 Å². The zero-order valence-electron chi connectivity index (χ0n) is 12.0. The molecular weight excluding hydrogens is 284 g/mol. The maximum atomic E-state index is 11.5. The number of hydrogen-bond acceptors (Lipinski definition) is 2. The molecule has 1 heterocycles. The standard InChI is InChI=1S/C17H17ClN2O/c1-10-4-3-5-13(16(10)18)17(19-2)11-6-7-14-12(8-11)9-15(21)20-14/h3-8,17,19H,9H2,1-2H3,(H,20,21). The molecule has 0 fully saturated rings. The molecule has 0 spiro atoms. The van der Waals surface area contributed by atoms with Crippen molar-refractivity contribution in [2.75, 3.05) is 12.4 Å². The fraction of sp³-hybridized carbons (Fsp3) is 0.235. The monoisotopic (exact) mass is 300 g/mol. The molecule has 3 nitrogen and oxygen atoms in total. The summed E-state index contributed by atoms with van der Waals surface area (Å²) in [6, 6.07) is 12.1. The number of amides is 1. The van der Waals surface area contributed by atoms with Gasteiger partial charge in [-0.05, 0) is 42.3 Å². The van der Waals surface area contributed by atoms with Crippen LogP contribution in [0.3, 0.4) is 0 Å². The van der Waals surface area contributed by atoms with Crippen LogP contribution >= 0.6 is 11.6 Å². The SMILES string of the molecule is CNC(c1ccc2c(c1)CC(=O)N2)c1cccc(C)c1Cl. The third kappa shape index (κ3) is 2.55. The molecule has 4 heteroatoms. The van der Waals surface area contributed by atoms with Gasteiger partial charge < -0.3 is 10.6 Å². The minimum absolute atomic E-state index is 0.0124. The molecule has 0 saturated heterocycles. The van der Waals surface area contributed by atoms with Crippen molar-refractivity contribution >= 4 is 23.2 Å². The average Bonchev–Trinajstić information content (AvgIpc) is 2.83. The molecule has 3 rings (SSSR count). The Morgan fingerprint density at radius 1 is 1.29 bits per heavy atom. The fourth-order valence-corrected chi connectivity index (χ4v) is 3.06. The van der Waals surface area contributed by atoms with Gasteiger partial charge in [0.1, 0.15) is 0 Å². The van der Waals surface area contributed by atoms with Crippen LogP contribution in [0.4, 0.5) is 5.69 Å². The number of anilines is 1. The molecule has 1 aliphatic heterocycles. The highest BCUT2D eigenvalue weighted by Gasteiger charge is 2.21. The van der Waals surface area contributed by atoms with Crippen LogP contribution in [0.1, 0.15) is 28.3 Å². The van der Waals surface area contributed by atoms with Crippen molar-refractivity contribution in [2.45, 2.75) is 19.4 Å². The first kappa shape index (κ1) is 14.1. The van der Waals surface area contributed by atoms with E-state index in [1.54, 1.807) is 0 Å². The van der Waals surface area contributed by atoms with Gasteiger partial charge in [-0.15, -0.1) is 0 Å². The molecule has 0 bridgehead atoms. The number of aryl methyl sites for hydroxylation is 1. The van der Waals surface area contributed by atoms with Gasteiger partial charge in [-0.25, -0.2) is 0 Å². The normalized spacial score (nSPS) is 14.7. The fourth-order valence-electron chi connectivity index (χ4n) is 2.82. The summed E-state index contributed by atoms with van der Waals surface area (Å²) in [6.45, 7) is 2.00. The van der Waals surface area contributed by atoms with Crippen molar-refractivity contribution in [3.63, 3.8) is 0 Å². The molecule has 0 aromatic heterocycles. The highest BCUT2D eigenvalue weighted by Crippen LogP contribution is 2.33. The average molecular weight is 301 g/mol. The Bertz CT molecular complexity index is 712. The second kappa shape index (κ2) is 5.51. The Kier molecular flexibility index (Phi) is 3.70. The van der Waals surface area contributed by atoms with Gasteiger partial charge in [-0.3, -0.25) is 4.79 Å². The van der Waals surface area contributed by atoms with Crippen LogP contribution in [-0.2, 0) is 11.2 Å². The van der Waals surface area contributed by atoms with E-state index in [4.69, 9.17) is 11.6 Å². The predicted octanol–water partition coefficient (Wildman–Crippen LogP) is 3.45. The molecule has 108 valence electrons. The lowest BCUT2D eigenvalue weighted by Crippen LogP contribution is -2.18. The van der Waals surface area contributed by atoms with Gasteiger partial charge in [0.25, 0.3) is 0 Å². The van der Waals surface area contributed by atoms with Crippen LogP contribution < -0.4 is 10.6 Å². The van der Waals surface area contributed by atoms with E-state index in [1.165, 1.54) is 0 Å². The largest absolute Gasteiger partial charge is 0.326 e. The first-order valence-corrected chi connectivity index (χ1v) is 7.33. The Labute approximate surface area is 129 Å². The highest BCUT2D eigenvalue weighted by molar-refractivity contribution is 6.32. The molecule has 0 saturated carbocycles. The summed E-state index contributed by atoms with van der Waals surface area (Å²) in [5, 5.41) is 6.96. The third-order valence-corrected chi connectivity index (χ3v) is 4.43. The van der Waals surface area contributed by atoms with E-state index in [0.29, 0.717) is 6.42 Å². The number of carbonyl (C=O) groups excluding carboxylic acids is 1. The molecule has 1 atom stereocenters. The lowest BCUT2D eigenvalue weighted by atomic mass is 9.95. The summed E-state index contributed by atoms with van der Waals surface area (Å²) in [4.78, 5) is 11.5. The third-order valence-electron chi connectivity index (χ3n) is 3.91. The zero-order chi connectivity index (χ0) is 15.0. The zero-order valence-corrected chi connectivity index (χ0v) is 12.8. The van der Waals surface area contributed by atoms with Crippen molar-refractivity contribution in [1.82, 2.24) is 5.32 Å². The number of benzene rings is 2. The Balaban J connectivity index is 2.03. The van der Waals surface area contributed by atoms with Gasteiger partial charge in [-0.1, -0.05) is 41.9 Å². The van der Waals surface area contributed by atoms with E-state index in [0.717, 1.165) is 33.0 Å². The van der Waals surface area contributed by atoms with Crippen molar-refractivity contribution in [1.29, 1.82) is 0 Å². The van der Waals surface area contributed by atoms with Gasteiger partial charge in [-0.2, -0.15) is 0 Å². The number of halogens is 1. The molecule has 2 aromatic carbocycles. The van der Waals surface area contributed by atoms with Crippen molar-refractivity contribution in [3.8, 4) is 0 Å². The molecule has 0 radical (unpaired) electrons. The van der Waals surface area contributed by atoms with Crippen molar-refractivity contribution in [3.05, 3.63) is 63.7 Å². The van der Waals surface area contributed by atoms with E-state index in [1.807, 2.05) is 44.3 Å². The Morgan fingerprint density at radius 2 is 2.10 bits per heavy atom. The summed E-state index contributed by atoms with van der Waals surface area (Å²) in [5.74, 6) is 0.0525. The minimum atomic E-state index is 0.0124. The van der Waals surface area contributed by atoms with Crippen LogP contribution in [0, 0.1) is 6.92 Å². The smallest absolute Gasteiger partial charge is 0.228 e. The molecular formula is C17H17ClN2O. The van der Waals surface area contributed by atoms with Crippen molar-refractivity contribution < 1.29 is 4.79 Å². The topological polar surface area (TPSA) is 41.1 Å². The summed E-state index contributed by atoms with van der Waals surface area (Å²) >= 11 is 6.45. The lowest BCUT2D eigenvalue weighted by Gasteiger charge is -2.20. The summed E-state index contributed by atoms with van der Waals surface area (Å²) in [7, 11) is 1.92. The summed E-state index contributed by atoms with van der Waals surface area (Å²) < 4.78 is 0. The summed E-state index contributed by atoms with van der Waals surface area (Å²) in [6.07, 6.45) is 0.446. The van der Waals surface area contributed by atoms with E-state index in [2.05, 4.69) is 16.7 Å². The number of hydrogen-bond donors (Lipinski definition) is 2. The number of nitrogens with one attached hydrogen (secondary N) is 2. The van der Waals surface area contributed by atoms with Gasteiger partial charge in [0.05, 0.1) is 12.5 Å². The van der Waals surface area contributed by atoms with Gasteiger partial charge in [0.15, 0.2) is 0 Å². The Hall–Kier alpha value is -1.84. The van der Waals surface area contributed by atoms with E-state index >= 15 is 0 Å². The highest BCUT2D eigenvalue weighted by atomic mass is 35.5.